The van der Waals surface area contributed by atoms with Crippen LogP contribution in [0.3, 0.4) is 0 Å². The molecule has 0 aromatic rings. The molecule has 0 bridgehead atoms. The average Bonchev–Trinajstić information content (AvgIpc) is 2.72. The van der Waals surface area contributed by atoms with Gasteiger partial charge in [0.05, 0.1) is 5.41 Å². The van der Waals surface area contributed by atoms with E-state index in [0.29, 0.717) is 18.9 Å². The Morgan fingerprint density at radius 3 is 2.53 bits per heavy atom. The molecule has 0 aromatic heterocycles. The zero-order valence-electron chi connectivity index (χ0n) is 11.9. The van der Waals surface area contributed by atoms with Gasteiger partial charge in [0.1, 0.15) is 6.04 Å². The number of hydrogen-bond donors (Lipinski definition) is 2. The highest BCUT2D eigenvalue weighted by atomic mass is 16.2. The van der Waals surface area contributed by atoms with E-state index in [9.17, 15) is 9.59 Å². The fourth-order valence-corrected chi connectivity index (χ4v) is 3.11. The Morgan fingerprint density at radius 1 is 1.42 bits per heavy atom. The number of amides is 2. The summed E-state index contributed by atoms with van der Waals surface area (Å²) >= 11 is 0. The highest BCUT2D eigenvalue weighted by molar-refractivity contribution is 5.91. The first-order valence-electron chi connectivity index (χ1n) is 7.24. The van der Waals surface area contributed by atoms with Crippen LogP contribution in [0.25, 0.3) is 0 Å². The summed E-state index contributed by atoms with van der Waals surface area (Å²) in [5, 5.41) is 2.93. The van der Waals surface area contributed by atoms with Crippen LogP contribution in [0.5, 0.6) is 0 Å². The zero-order chi connectivity index (χ0) is 14.0. The highest BCUT2D eigenvalue weighted by Gasteiger charge is 2.42. The fraction of sp³-hybridized carbons (Fsp3) is 0.857. The molecule has 19 heavy (non-hydrogen) atoms. The Hall–Kier alpha value is -1.10. The molecule has 0 spiro atoms. The van der Waals surface area contributed by atoms with Crippen LogP contribution in [0.15, 0.2) is 0 Å². The Kier molecular flexibility index (Phi) is 4.13. The number of nitrogens with two attached hydrogens (primary N) is 1. The molecule has 1 atom stereocenters. The quantitative estimate of drug-likeness (QED) is 0.781. The normalized spacial score (nSPS) is 35.5. The summed E-state index contributed by atoms with van der Waals surface area (Å²) in [6.07, 6.45) is 4.48. The van der Waals surface area contributed by atoms with Crippen molar-refractivity contribution in [2.45, 2.75) is 45.1 Å². The van der Waals surface area contributed by atoms with Gasteiger partial charge in [-0.1, -0.05) is 6.92 Å². The predicted molar refractivity (Wildman–Crippen MR) is 73.3 cm³/mol. The van der Waals surface area contributed by atoms with E-state index in [1.807, 2.05) is 0 Å². The van der Waals surface area contributed by atoms with Crippen molar-refractivity contribution in [2.75, 3.05) is 20.1 Å². The van der Waals surface area contributed by atoms with Crippen LogP contribution in [-0.2, 0) is 9.59 Å². The smallest absolute Gasteiger partial charge is 0.244 e. The van der Waals surface area contributed by atoms with Gasteiger partial charge in [-0.25, -0.2) is 0 Å². The lowest BCUT2D eigenvalue weighted by atomic mass is 9.70. The van der Waals surface area contributed by atoms with Gasteiger partial charge in [0.15, 0.2) is 0 Å². The summed E-state index contributed by atoms with van der Waals surface area (Å²) < 4.78 is 0. The maximum absolute atomic E-state index is 12.5. The van der Waals surface area contributed by atoms with Gasteiger partial charge in [0.2, 0.25) is 11.8 Å². The van der Waals surface area contributed by atoms with Crippen LogP contribution in [-0.4, -0.2) is 42.9 Å². The second-order valence-electron chi connectivity index (χ2n) is 6.24. The van der Waals surface area contributed by atoms with Crippen molar-refractivity contribution in [1.29, 1.82) is 0 Å². The number of nitrogens with zero attached hydrogens (tertiary/aromatic N) is 1. The highest BCUT2D eigenvalue weighted by Crippen LogP contribution is 2.38. The van der Waals surface area contributed by atoms with Gasteiger partial charge in [-0.2, -0.15) is 0 Å². The molecule has 1 aliphatic heterocycles. The van der Waals surface area contributed by atoms with E-state index in [1.54, 1.807) is 11.9 Å². The van der Waals surface area contributed by atoms with E-state index in [1.165, 1.54) is 0 Å². The van der Waals surface area contributed by atoms with Crippen LogP contribution >= 0.6 is 0 Å². The summed E-state index contributed by atoms with van der Waals surface area (Å²) in [6.45, 7) is 3.31. The number of likely N-dealkylation sites (N-methyl/N-ethyl adjacent to an activating group) is 1. The maximum atomic E-state index is 12.5. The monoisotopic (exact) mass is 267 g/mol. The predicted octanol–water partition coefficient (Wildman–Crippen LogP) is 0.489. The first-order valence-corrected chi connectivity index (χ1v) is 7.24. The van der Waals surface area contributed by atoms with Crippen LogP contribution in [0.4, 0.5) is 0 Å². The lowest BCUT2D eigenvalue weighted by Gasteiger charge is -2.37. The number of rotatable bonds is 3. The second-order valence-corrected chi connectivity index (χ2v) is 6.24. The number of nitrogens with one attached hydrogen (secondary N) is 1. The molecule has 5 nitrogen and oxygen atoms in total. The fourth-order valence-electron chi connectivity index (χ4n) is 3.11. The molecule has 2 rings (SSSR count). The largest absolute Gasteiger partial charge is 0.344 e. The van der Waals surface area contributed by atoms with Crippen LogP contribution in [0.2, 0.25) is 0 Å². The third kappa shape index (κ3) is 2.76. The van der Waals surface area contributed by atoms with Crippen LogP contribution in [0.1, 0.15) is 39.0 Å². The summed E-state index contributed by atoms with van der Waals surface area (Å²) in [4.78, 5) is 26.0. The number of hydrogen-bond acceptors (Lipinski definition) is 3. The summed E-state index contributed by atoms with van der Waals surface area (Å²) in [6, 6.07) is -0.347. The van der Waals surface area contributed by atoms with Crippen LogP contribution < -0.4 is 11.1 Å². The minimum atomic E-state index is -0.450. The lowest BCUT2D eigenvalue weighted by molar-refractivity contribution is -0.137. The van der Waals surface area contributed by atoms with Gasteiger partial charge < -0.3 is 16.0 Å². The van der Waals surface area contributed by atoms with E-state index in [-0.39, 0.29) is 17.9 Å². The van der Waals surface area contributed by atoms with Gasteiger partial charge in [0, 0.05) is 20.1 Å². The van der Waals surface area contributed by atoms with Gasteiger partial charge >= 0.3 is 0 Å². The topological polar surface area (TPSA) is 75.4 Å². The molecule has 2 amide bonds. The molecule has 2 aliphatic rings. The minimum absolute atomic E-state index is 0.0180. The van der Waals surface area contributed by atoms with E-state index in [4.69, 9.17) is 5.73 Å². The van der Waals surface area contributed by atoms with Crippen molar-refractivity contribution in [2.24, 2.45) is 17.1 Å². The Balaban J connectivity index is 1.99. The molecule has 1 saturated carbocycles. The van der Waals surface area contributed by atoms with Crippen LogP contribution in [0, 0.1) is 11.3 Å². The van der Waals surface area contributed by atoms with Gasteiger partial charge in [0.25, 0.3) is 0 Å². The summed E-state index contributed by atoms with van der Waals surface area (Å²) in [5.74, 6) is 0.673. The third-order valence-electron chi connectivity index (χ3n) is 4.84. The van der Waals surface area contributed by atoms with Gasteiger partial charge in [-0.05, 0) is 38.0 Å². The van der Waals surface area contributed by atoms with Gasteiger partial charge in [-0.15, -0.1) is 0 Å². The van der Waals surface area contributed by atoms with Crippen molar-refractivity contribution in [1.82, 2.24) is 10.2 Å². The number of likely N-dealkylation sites (tertiary alicyclic amines) is 1. The molecular formula is C14H25N3O2. The van der Waals surface area contributed by atoms with E-state index < -0.39 is 5.41 Å². The molecule has 3 N–H and O–H groups in total. The molecule has 1 unspecified atom stereocenters. The SMILES string of the molecule is CC1CCC(CN)(C(=O)NC2CCN(C)C2=O)CC1. The summed E-state index contributed by atoms with van der Waals surface area (Å²) in [5.41, 5.74) is 5.41. The molecular weight excluding hydrogens is 242 g/mol. The van der Waals surface area contributed by atoms with Crippen molar-refractivity contribution >= 4 is 11.8 Å². The average molecular weight is 267 g/mol. The van der Waals surface area contributed by atoms with E-state index in [0.717, 1.165) is 32.2 Å². The zero-order valence-corrected chi connectivity index (χ0v) is 11.9. The Bertz CT molecular complexity index is 362. The number of carbonyl (C=O) groups is 2. The third-order valence-corrected chi connectivity index (χ3v) is 4.84. The Morgan fingerprint density at radius 2 is 2.05 bits per heavy atom. The number of carbonyl (C=O) groups excluding carboxylic acids is 2. The van der Waals surface area contributed by atoms with Crippen molar-refractivity contribution in [3.63, 3.8) is 0 Å². The second kappa shape index (κ2) is 5.49. The van der Waals surface area contributed by atoms with E-state index in [2.05, 4.69) is 12.2 Å². The van der Waals surface area contributed by atoms with Crippen molar-refractivity contribution < 1.29 is 9.59 Å². The molecule has 1 heterocycles. The Labute approximate surface area is 114 Å². The molecule has 2 fully saturated rings. The maximum Gasteiger partial charge on any atom is 0.244 e. The summed E-state index contributed by atoms with van der Waals surface area (Å²) in [7, 11) is 1.77. The molecule has 108 valence electrons. The van der Waals surface area contributed by atoms with E-state index >= 15 is 0 Å². The first-order chi connectivity index (χ1) is 8.98. The molecule has 0 aromatic carbocycles. The molecule has 0 radical (unpaired) electrons. The lowest BCUT2D eigenvalue weighted by Crippen LogP contribution is -2.52. The van der Waals surface area contributed by atoms with Crippen molar-refractivity contribution in [3.8, 4) is 0 Å². The minimum Gasteiger partial charge on any atom is -0.344 e. The molecule has 1 aliphatic carbocycles. The van der Waals surface area contributed by atoms with Gasteiger partial charge in [-0.3, -0.25) is 9.59 Å². The standard InChI is InChI=1S/C14H25N3O2/c1-10-3-6-14(9-15,7-4-10)13(19)16-11-5-8-17(2)12(11)18/h10-11H,3-9,15H2,1-2H3,(H,16,19). The van der Waals surface area contributed by atoms with Crippen molar-refractivity contribution in [3.05, 3.63) is 0 Å². The first kappa shape index (κ1) is 14.3. The molecule has 1 saturated heterocycles. The molecule has 5 heteroatoms.